The summed E-state index contributed by atoms with van der Waals surface area (Å²) in [5, 5.41) is 0.449. The van der Waals surface area contributed by atoms with Gasteiger partial charge in [0.1, 0.15) is 5.82 Å². The fourth-order valence-electron chi connectivity index (χ4n) is 1.95. The maximum Gasteiger partial charge on any atom is 0.382 e. The van der Waals surface area contributed by atoms with Crippen molar-refractivity contribution in [3.8, 4) is 0 Å². The van der Waals surface area contributed by atoms with E-state index < -0.39 is 17.8 Å². The highest BCUT2D eigenvalue weighted by Crippen LogP contribution is 2.23. The van der Waals surface area contributed by atoms with Crippen molar-refractivity contribution in [2.45, 2.75) is 6.92 Å². The van der Waals surface area contributed by atoms with Crippen LogP contribution in [0.2, 0.25) is 0 Å². The Hall–Kier alpha value is -3.09. The molecule has 2 heterocycles. The molecule has 0 unspecified atom stereocenters. The molecule has 0 aliphatic carbocycles. The van der Waals surface area contributed by atoms with Crippen LogP contribution in [-0.2, 0) is 4.84 Å². The Morgan fingerprint density at radius 1 is 1.10 bits per heavy atom. The quantitative estimate of drug-likeness (QED) is 0.768. The summed E-state index contributed by atoms with van der Waals surface area (Å²) in [5.74, 6) is -1.86. The number of carbonyl (C=O) groups is 3. The minimum atomic E-state index is -0.894. The first-order valence-corrected chi connectivity index (χ1v) is 6.07. The Balaban J connectivity index is 1.85. The summed E-state index contributed by atoms with van der Waals surface area (Å²) in [4.78, 5) is 48.6. The van der Waals surface area contributed by atoms with E-state index in [1.165, 1.54) is 24.4 Å². The number of hydroxylamine groups is 2. The Morgan fingerprint density at radius 2 is 1.71 bits per heavy atom. The van der Waals surface area contributed by atoms with Crippen molar-refractivity contribution >= 4 is 17.8 Å². The van der Waals surface area contributed by atoms with E-state index in [-0.39, 0.29) is 16.8 Å². The standard InChI is InChI=1S/C14H9N3O4/c1-8-15-7-6-11(16-8)14(20)21-17-12(18)9-4-2-3-5-10(9)13(17)19/h2-7H,1H3. The number of aromatic nitrogens is 2. The van der Waals surface area contributed by atoms with Gasteiger partial charge in [-0.2, -0.15) is 0 Å². The van der Waals surface area contributed by atoms with Crippen molar-refractivity contribution in [2.75, 3.05) is 0 Å². The minimum absolute atomic E-state index is 0.0287. The topological polar surface area (TPSA) is 89.5 Å². The van der Waals surface area contributed by atoms with Crippen molar-refractivity contribution in [3.05, 3.63) is 59.2 Å². The van der Waals surface area contributed by atoms with E-state index in [9.17, 15) is 14.4 Å². The maximum atomic E-state index is 12.0. The molecule has 3 rings (SSSR count). The molecule has 1 aromatic carbocycles. The Bertz CT molecular complexity index is 737. The molecule has 104 valence electrons. The van der Waals surface area contributed by atoms with Crippen LogP contribution in [0.4, 0.5) is 0 Å². The number of rotatable bonds is 2. The number of carbonyl (C=O) groups excluding carboxylic acids is 3. The van der Waals surface area contributed by atoms with Gasteiger partial charge in [0, 0.05) is 6.20 Å². The monoisotopic (exact) mass is 283 g/mol. The van der Waals surface area contributed by atoms with Crippen molar-refractivity contribution in [3.63, 3.8) is 0 Å². The Labute approximate surface area is 119 Å². The van der Waals surface area contributed by atoms with Gasteiger partial charge in [0.05, 0.1) is 11.1 Å². The molecule has 0 radical (unpaired) electrons. The second-order valence-corrected chi connectivity index (χ2v) is 4.32. The summed E-state index contributed by atoms with van der Waals surface area (Å²) in [7, 11) is 0. The third-order valence-electron chi connectivity index (χ3n) is 2.92. The second-order valence-electron chi connectivity index (χ2n) is 4.32. The van der Waals surface area contributed by atoms with Crippen LogP contribution in [0.15, 0.2) is 36.5 Å². The molecule has 2 amide bonds. The Morgan fingerprint density at radius 3 is 2.29 bits per heavy atom. The SMILES string of the molecule is Cc1nccc(C(=O)ON2C(=O)c3ccccc3C2=O)n1. The first-order valence-electron chi connectivity index (χ1n) is 6.07. The van der Waals surface area contributed by atoms with Crippen molar-refractivity contribution in [2.24, 2.45) is 0 Å². The van der Waals surface area contributed by atoms with E-state index in [2.05, 4.69) is 9.97 Å². The largest absolute Gasteiger partial charge is 0.382 e. The summed E-state index contributed by atoms with van der Waals surface area (Å²) in [5.41, 5.74) is 0.377. The summed E-state index contributed by atoms with van der Waals surface area (Å²) in [6.45, 7) is 1.61. The van der Waals surface area contributed by atoms with Gasteiger partial charge in [-0.25, -0.2) is 14.8 Å². The average Bonchev–Trinajstić information content (AvgIpc) is 2.73. The zero-order valence-electron chi connectivity index (χ0n) is 10.9. The third kappa shape index (κ3) is 2.14. The van der Waals surface area contributed by atoms with Crippen molar-refractivity contribution in [1.29, 1.82) is 0 Å². The van der Waals surface area contributed by atoms with E-state index in [0.29, 0.717) is 10.9 Å². The first kappa shape index (κ1) is 12.9. The lowest BCUT2D eigenvalue weighted by molar-refractivity contribution is -0.0588. The van der Waals surface area contributed by atoms with Crippen LogP contribution >= 0.6 is 0 Å². The fourth-order valence-corrected chi connectivity index (χ4v) is 1.95. The van der Waals surface area contributed by atoms with Gasteiger partial charge in [-0.15, -0.1) is 0 Å². The number of aryl methyl sites for hydroxylation is 1. The van der Waals surface area contributed by atoms with Gasteiger partial charge >= 0.3 is 5.97 Å². The maximum absolute atomic E-state index is 12.0. The molecule has 0 saturated heterocycles. The van der Waals surface area contributed by atoms with Crippen LogP contribution in [-0.4, -0.2) is 32.8 Å². The van der Waals surface area contributed by atoms with Gasteiger partial charge in [-0.05, 0) is 25.1 Å². The first-order chi connectivity index (χ1) is 10.1. The normalized spacial score (nSPS) is 13.3. The number of hydrogen-bond donors (Lipinski definition) is 0. The third-order valence-corrected chi connectivity index (χ3v) is 2.92. The highest BCUT2D eigenvalue weighted by molar-refractivity contribution is 6.21. The van der Waals surface area contributed by atoms with Crippen LogP contribution in [0.1, 0.15) is 37.0 Å². The summed E-state index contributed by atoms with van der Waals surface area (Å²) in [6.07, 6.45) is 1.39. The van der Waals surface area contributed by atoms with Crippen LogP contribution in [0.25, 0.3) is 0 Å². The Kier molecular flexibility index (Phi) is 2.94. The number of hydrogen-bond acceptors (Lipinski definition) is 6. The molecule has 1 aliphatic rings. The molecule has 7 heteroatoms. The lowest BCUT2D eigenvalue weighted by atomic mass is 10.1. The smallest absolute Gasteiger partial charge is 0.323 e. The van der Waals surface area contributed by atoms with Gasteiger partial charge in [0.25, 0.3) is 11.8 Å². The molecule has 1 aromatic heterocycles. The van der Waals surface area contributed by atoms with E-state index in [4.69, 9.17) is 4.84 Å². The van der Waals surface area contributed by atoms with Crippen molar-refractivity contribution in [1.82, 2.24) is 15.0 Å². The molecule has 0 saturated carbocycles. The van der Waals surface area contributed by atoms with E-state index in [1.54, 1.807) is 19.1 Å². The van der Waals surface area contributed by atoms with E-state index in [1.807, 2.05) is 0 Å². The van der Waals surface area contributed by atoms with Gasteiger partial charge < -0.3 is 4.84 Å². The van der Waals surface area contributed by atoms with Gasteiger partial charge in [0.2, 0.25) is 0 Å². The van der Waals surface area contributed by atoms with Crippen LogP contribution in [0, 0.1) is 6.92 Å². The van der Waals surface area contributed by atoms with E-state index in [0.717, 1.165) is 0 Å². The number of imide groups is 1. The molecular weight excluding hydrogens is 274 g/mol. The number of nitrogens with zero attached hydrogens (tertiary/aromatic N) is 3. The summed E-state index contributed by atoms with van der Waals surface area (Å²) < 4.78 is 0. The predicted octanol–water partition coefficient (Wildman–Crippen LogP) is 1.15. The molecule has 0 N–H and O–H groups in total. The minimum Gasteiger partial charge on any atom is -0.323 e. The zero-order valence-corrected chi connectivity index (χ0v) is 10.9. The lowest BCUT2D eigenvalue weighted by Gasteiger charge is -2.12. The fraction of sp³-hybridized carbons (Fsp3) is 0.0714. The highest BCUT2D eigenvalue weighted by Gasteiger charge is 2.38. The molecular formula is C14H9N3O4. The molecule has 0 bridgehead atoms. The summed E-state index contributed by atoms with van der Waals surface area (Å²) in [6, 6.07) is 7.59. The highest BCUT2D eigenvalue weighted by atomic mass is 16.7. The lowest BCUT2D eigenvalue weighted by Crippen LogP contribution is -2.33. The van der Waals surface area contributed by atoms with Crippen LogP contribution in [0.3, 0.4) is 0 Å². The molecule has 2 aromatic rings. The number of benzene rings is 1. The summed E-state index contributed by atoms with van der Waals surface area (Å²) >= 11 is 0. The molecule has 0 spiro atoms. The number of fused-ring (bicyclic) bond motifs is 1. The zero-order chi connectivity index (χ0) is 15.0. The number of amides is 2. The molecule has 21 heavy (non-hydrogen) atoms. The molecule has 0 atom stereocenters. The second kappa shape index (κ2) is 4.78. The predicted molar refractivity (Wildman–Crippen MR) is 69.1 cm³/mol. The van der Waals surface area contributed by atoms with Gasteiger partial charge in [-0.1, -0.05) is 17.2 Å². The molecule has 7 nitrogen and oxygen atoms in total. The van der Waals surface area contributed by atoms with Crippen molar-refractivity contribution < 1.29 is 19.2 Å². The van der Waals surface area contributed by atoms with Crippen LogP contribution < -0.4 is 0 Å². The van der Waals surface area contributed by atoms with E-state index >= 15 is 0 Å². The molecule has 1 aliphatic heterocycles. The average molecular weight is 283 g/mol. The van der Waals surface area contributed by atoms with Gasteiger partial charge in [-0.3, -0.25) is 9.59 Å². The van der Waals surface area contributed by atoms with Gasteiger partial charge in [0.15, 0.2) is 5.69 Å². The van der Waals surface area contributed by atoms with Crippen LogP contribution in [0.5, 0.6) is 0 Å². The molecule has 0 fully saturated rings.